The molecule has 0 spiro atoms. The van der Waals surface area contributed by atoms with Crippen molar-refractivity contribution in [3.8, 4) is 0 Å². The largest absolute Gasteiger partial charge is 0.352 e. The fourth-order valence-corrected chi connectivity index (χ4v) is 4.78. The molecule has 0 atom stereocenters. The number of rotatable bonds is 2. The van der Waals surface area contributed by atoms with Crippen molar-refractivity contribution in [3.05, 3.63) is 48.0 Å². The predicted octanol–water partition coefficient (Wildman–Crippen LogP) is 0.702. The third-order valence-electron chi connectivity index (χ3n) is 5.13. The van der Waals surface area contributed by atoms with Crippen LogP contribution in [0.25, 0.3) is 5.65 Å². The zero-order valence-electron chi connectivity index (χ0n) is 14.8. The quantitative estimate of drug-likeness (QED) is 0.643. The van der Waals surface area contributed by atoms with Crippen molar-refractivity contribution in [3.63, 3.8) is 0 Å². The summed E-state index contributed by atoms with van der Waals surface area (Å²) in [5.74, 6) is 2.09. The normalized spacial score (nSPS) is 18.3. The molecule has 2 aliphatic heterocycles. The van der Waals surface area contributed by atoms with E-state index in [0.717, 1.165) is 17.3 Å². The van der Waals surface area contributed by atoms with Gasteiger partial charge in [-0.3, -0.25) is 4.40 Å². The van der Waals surface area contributed by atoms with Gasteiger partial charge < -0.3 is 9.80 Å². The molecule has 4 heterocycles. The Morgan fingerprint density at radius 3 is 2.78 bits per heavy atom. The average Bonchev–Trinajstić information content (AvgIpc) is 3.13. The molecule has 0 N–H and O–H groups in total. The van der Waals surface area contributed by atoms with Gasteiger partial charge in [0, 0.05) is 38.1 Å². The number of sulfonamides is 1. The Morgan fingerprint density at radius 2 is 1.96 bits per heavy atom. The monoisotopic (exact) mass is 383 g/mol. The molecule has 0 saturated carbocycles. The molecular weight excluding hydrogens is 366 g/mol. The maximum absolute atomic E-state index is 12.3. The molecule has 0 radical (unpaired) electrons. The van der Waals surface area contributed by atoms with Gasteiger partial charge >= 0.3 is 0 Å². The van der Waals surface area contributed by atoms with E-state index in [9.17, 15) is 8.42 Å². The Hall–Kier alpha value is -3.01. The van der Waals surface area contributed by atoms with Gasteiger partial charge in [0.05, 0.1) is 6.04 Å². The first-order valence-electron chi connectivity index (χ1n) is 8.54. The minimum absolute atomic E-state index is 0.135. The van der Waals surface area contributed by atoms with E-state index in [1.807, 2.05) is 35.5 Å². The van der Waals surface area contributed by atoms with E-state index < -0.39 is 10.0 Å². The van der Waals surface area contributed by atoms with E-state index in [1.165, 1.54) is 0 Å². The highest BCUT2D eigenvalue weighted by Crippen LogP contribution is 2.30. The van der Waals surface area contributed by atoms with Crippen LogP contribution in [-0.4, -0.2) is 64.9 Å². The van der Waals surface area contributed by atoms with Crippen LogP contribution in [0, 0.1) is 6.92 Å². The lowest BCUT2D eigenvalue weighted by Gasteiger charge is -2.45. The number of hydrogen-bond donors (Lipinski definition) is 0. The number of aryl methyl sites for hydroxylation is 1. The van der Waals surface area contributed by atoms with Crippen LogP contribution < -0.4 is 4.90 Å². The summed E-state index contributed by atoms with van der Waals surface area (Å²) in [7, 11) is -1.73. The maximum Gasteiger partial charge on any atom is 0.285 e. The highest BCUT2D eigenvalue weighted by atomic mass is 32.2. The standard InChI is InChI=1S/C17H17N7O2S/c1-11-19-20-17-16(18-7-8-24(11)17)23-9-12(10-23)22(2)15-13-5-3-4-6-14(13)27(25,26)21-15/h3-8,12H,9-10H2,1-2H3. The van der Waals surface area contributed by atoms with E-state index in [4.69, 9.17) is 0 Å². The van der Waals surface area contributed by atoms with Crippen molar-refractivity contribution in [2.45, 2.75) is 17.9 Å². The van der Waals surface area contributed by atoms with Crippen molar-refractivity contribution < 1.29 is 8.42 Å². The molecule has 2 aliphatic rings. The van der Waals surface area contributed by atoms with Gasteiger partial charge in [0.2, 0.25) is 5.65 Å². The third kappa shape index (κ3) is 2.33. The van der Waals surface area contributed by atoms with Crippen LogP contribution in [0.3, 0.4) is 0 Å². The second kappa shape index (κ2) is 5.49. The summed E-state index contributed by atoms with van der Waals surface area (Å²) in [5, 5.41) is 8.31. The van der Waals surface area contributed by atoms with E-state index in [2.05, 4.69) is 24.5 Å². The molecule has 0 aliphatic carbocycles. The van der Waals surface area contributed by atoms with Crippen molar-refractivity contribution >= 4 is 27.3 Å². The highest BCUT2D eigenvalue weighted by molar-refractivity contribution is 7.90. The number of aromatic nitrogens is 4. The maximum atomic E-state index is 12.3. The number of anilines is 1. The summed E-state index contributed by atoms with van der Waals surface area (Å²) in [6.07, 6.45) is 3.58. The summed E-state index contributed by atoms with van der Waals surface area (Å²) in [5.41, 5.74) is 1.38. The lowest BCUT2D eigenvalue weighted by atomic mass is 10.1. The van der Waals surface area contributed by atoms with E-state index in [-0.39, 0.29) is 10.9 Å². The highest BCUT2D eigenvalue weighted by Gasteiger charge is 2.38. The second-order valence-corrected chi connectivity index (χ2v) is 8.32. The van der Waals surface area contributed by atoms with Crippen LogP contribution >= 0.6 is 0 Å². The van der Waals surface area contributed by atoms with Crippen LogP contribution in [0.1, 0.15) is 11.4 Å². The summed E-state index contributed by atoms with van der Waals surface area (Å²) in [6.45, 7) is 3.30. The molecule has 138 valence electrons. The van der Waals surface area contributed by atoms with Gasteiger partial charge in [0.1, 0.15) is 10.7 Å². The van der Waals surface area contributed by atoms with Crippen molar-refractivity contribution in [1.29, 1.82) is 0 Å². The topological polar surface area (TPSA) is 96.1 Å². The predicted molar refractivity (Wildman–Crippen MR) is 99.4 cm³/mol. The number of benzene rings is 1. The van der Waals surface area contributed by atoms with Crippen LogP contribution in [0.15, 0.2) is 46.0 Å². The molecule has 5 rings (SSSR count). The number of nitrogens with zero attached hydrogens (tertiary/aromatic N) is 7. The molecule has 0 amide bonds. The first-order valence-corrected chi connectivity index (χ1v) is 9.98. The lowest BCUT2D eigenvalue weighted by Crippen LogP contribution is -2.60. The summed E-state index contributed by atoms with van der Waals surface area (Å²) < 4.78 is 30.5. The smallest absolute Gasteiger partial charge is 0.285 e. The molecule has 10 heteroatoms. The lowest BCUT2D eigenvalue weighted by molar-refractivity contribution is 0.303. The first-order chi connectivity index (χ1) is 13.0. The van der Waals surface area contributed by atoms with Crippen molar-refractivity contribution in [2.24, 2.45) is 4.40 Å². The summed E-state index contributed by atoms with van der Waals surface area (Å²) >= 11 is 0. The Morgan fingerprint density at radius 1 is 1.19 bits per heavy atom. The molecule has 0 bridgehead atoms. The number of hydrogen-bond acceptors (Lipinski definition) is 7. The summed E-state index contributed by atoms with van der Waals surface area (Å²) in [6, 6.07) is 7.07. The van der Waals surface area contributed by atoms with E-state index in [0.29, 0.717) is 24.5 Å². The summed E-state index contributed by atoms with van der Waals surface area (Å²) in [4.78, 5) is 8.77. The Kier molecular flexibility index (Phi) is 3.29. The molecular formula is C17H17N7O2S. The SMILES string of the molecule is Cc1nnc2c(N3CC(N(C)C4=NS(=O)(=O)c5ccccc54)C3)nccn12. The van der Waals surface area contributed by atoms with Crippen LogP contribution in [0.4, 0.5) is 5.82 Å². The van der Waals surface area contributed by atoms with E-state index >= 15 is 0 Å². The average molecular weight is 383 g/mol. The number of fused-ring (bicyclic) bond motifs is 2. The fraction of sp³-hybridized carbons (Fsp3) is 0.294. The van der Waals surface area contributed by atoms with Crippen LogP contribution in [0.5, 0.6) is 0 Å². The van der Waals surface area contributed by atoms with Gasteiger partial charge in [0.25, 0.3) is 10.0 Å². The molecule has 27 heavy (non-hydrogen) atoms. The van der Waals surface area contributed by atoms with Gasteiger partial charge in [-0.1, -0.05) is 12.1 Å². The minimum Gasteiger partial charge on any atom is -0.352 e. The number of amidine groups is 1. The molecule has 1 fully saturated rings. The Labute approximate surface area is 156 Å². The van der Waals surface area contributed by atoms with Gasteiger partial charge in [-0.05, 0) is 19.1 Å². The van der Waals surface area contributed by atoms with Gasteiger partial charge in [-0.25, -0.2) is 4.98 Å². The molecule has 1 aromatic carbocycles. The first kappa shape index (κ1) is 16.2. The Bertz CT molecular complexity index is 1190. The van der Waals surface area contributed by atoms with Gasteiger partial charge in [-0.15, -0.1) is 14.6 Å². The molecule has 0 unspecified atom stereocenters. The Balaban J connectivity index is 1.40. The number of likely N-dealkylation sites (N-methyl/N-ethyl adjacent to an activating group) is 1. The van der Waals surface area contributed by atoms with E-state index in [1.54, 1.807) is 24.4 Å². The van der Waals surface area contributed by atoms with Crippen LogP contribution in [-0.2, 0) is 10.0 Å². The van der Waals surface area contributed by atoms with Gasteiger partial charge in [0.15, 0.2) is 11.7 Å². The zero-order chi connectivity index (χ0) is 18.8. The molecule has 1 saturated heterocycles. The van der Waals surface area contributed by atoms with Crippen LogP contribution in [0.2, 0.25) is 0 Å². The minimum atomic E-state index is -3.61. The molecule has 9 nitrogen and oxygen atoms in total. The fourth-order valence-electron chi connectivity index (χ4n) is 3.54. The van der Waals surface area contributed by atoms with Crippen molar-refractivity contribution in [2.75, 3.05) is 25.0 Å². The van der Waals surface area contributed by atoms with Gasteiger partial charge in [-0.2, -0.15) is 8.42 Å². The third-order valence-corrected chi connectivity index (χ3v) is 6.46. The molecule has 3 aromatic rings. The second-order valence-electron chi connectivity index (χ2n) is 6.75. The van der Waals surface area contributed by atoms with Crippen molar-refractivity contribution in [1.82, 2.24) is 24.5 Å². The molecule has 2 aromatic heterocycles. The zero-order valence-corrected chi connectivity index (χ0v) is 15.6.